The van der Waals surface area contributed by atoms with Crippen LogP contribution in [0.4, 0.5) is 5.69 Å². The second kappa shape index (κ2) is 9.95. The van der Waals surface area contributed by atoms with Gasteiger partial charge in [-0.2, -0.15) is 0 Å². The lowest BCUT2D eigenvalue weighted by Gasteiger charge is -2.30. The first-order valence-corrected chi connectivity index (χ1v) is 12.6. The summed E-state index contributed by atoms with van der Waals surface area (Å²) in [4.78, 5) is 13.1. The number of hydrogen-bond donors (Lipinski definition) is 1. The molecule has 0 spiro atoms. The standard InChI is InChI=1S/C25H25ClN2O5S/c1-32-23-6-3-7-24(33-2)21(23)16-27-25(29)18-8-13-22-17(15-18)5-4-14-28(22)34(30,31)20-11-9-19(26)10-12-20/h3,6-13,15H,4-5,14,16H2,1-2H3,(H,27,29). The molecule has 1 N–H and O–H groups in total. The number of sulfonamides is 1. The van der Waals surface area contributed by atoms with Crippen LogP contribution in [0.3, 0.4) is 0 Å². The molecule has 0 aliphatic carbocycles. The molecular formula is C25H25ClN2O5S. The number of nitrogens with one attached hydrogen (secondary N) is 1. The summed E-state index contributed by atoms with van der Waals surface area (Å²) >= 11 is 5.91. The van der Waals surface area contributed by atoms with Crippen LogP contribution in [0.1, 0.15) is 27.9 Å². The predicted molar refractivity (Wildman–Crippen MR) is 131 cm³/mol. The van der Waals surface area contributed by atoms with Gasteiger partial charge in [0.25, 0.3) is 15.9 Å². The third-order valence-electron chi connectivity index (χ3n) is 5.77. The first kappa shape index (κ1) is 23.9. The first-order chi connectivity index (χ1) is 16.3. The Labute approximate surface area is 204 Å². The number of benzene rings is 3. The Hall–Kier alpha value is -3.23. The SMILES string of the molecule is COc1cccc(OC)c1CNC(=O)c1ccc2c(c1)CCCN2S(=O)(=O)c1ccc(Cl)cc1. The van der Waals surface area contributed by atoms with Gasteiger partial charge in [0.05, 0.1) is 36.9 Å². The van der Waals surface area contributed by atoms with Crippen LogP contribution in [-0.2, 0) is 23.0 Å². The molecule has 0 aromatic heterocycles. The van der Waals surface area contributed by atoms with Crippen LogP contribution in [0, 0.1) is 0 Å². The van der Waals surface area contributed by atoms with E-state index in [9.17, 15) is 13.2 Å². The fraction of sp³-hybridized carbons (Fsp3) is 0.240. The van der Waals surface area contributed by atoms with Gasteiger partial charge in [-0.05, 0) is 73.0 Å². The van der Waals surface area contributed by atoms with E-state index < -0.39 is 10.0 Å². The molecule has 34 heavy (non-hydrogen) atoms. The van der Waals surface area contributed by atoms with Gasteiger partial charge in [0.1, 0.15) is 11.5 Å². The average Bonchev–Trinajstić information content (AvgIpc) is 2.86. The van der Waals surface area contributed by atoms with Gasteiger partial charge < -0.3 is 14.8 Å². The summed E-state index contributed by atoms with van der Waals surface area (Å²) in [6.07, 6.45) is 1.34. The maximum Gasteiger partial charge on any atom is 0.264 e. The van der Waals surface area contributed by atoms with Crippen molar-refractivity contribution in [1.82, 2.24) is 5.32 Å². The van der Waals surface area contributed by atoms with Crippen molar-refractivity contribution in [3.63, 3.8) is 0 Å². The van der Waals surface area contributed by atoms with Gasteiger partial charge >= 0.3 is 0 Å². The number of amides is 1. The lowest BCUT2D eigenvalue weighted by Crippen LogP contribution is -2.35. The number of rotatable bonds is 7. The Bertz CT molecular complexity index is 1290. The molecular weight excluding hydrogens is 476 g/mol. The molecule has 1 aliphatic rings. The molecule has 0 atom stereocenters. The molecule has 9 heteroatoms. The zero-order chi connectivity index (χ0) is 24.3. The quantitative estimate of drug-likeness (QED) is 0.519. The van der Waals surface area contributed by atoms with Crippen molar-refractivity contribution < 1.29 is 22.7 Å². The topological polar surface area (TPSA) is 84.9 Å². The molecule has 3 aromatic rings. The zero-order valence-electron chi connectivity index (χ0n) is 18.9. The van der Waals surface area contributed by atoms with Crippen LogP contribution in [0.2, 0.25) is 5.02 Å². The van der Waals surface area contributed by atoms with E-state index in [1.54, 1.807) is 56.7 Å². The van der Waals surface area contributed by atoms with Crippen molar-refractivity contribution in [2.24, 2.45) is 0 Å². The number of hydrogen-bond acceptors (Lipinski definition) is 5. The monoisotopic (exact) mass is 500 g/mol. The molecule has 3 aromatic carbocycles. The van der Waals surface area contributed by atoms with Gasteiger partial charge in [-0.25, -0.2) is 8.42 Å². The Balaban J connectivity index is 1.56. The molecule has 0 fully saturated rings. The highest BCUT2D eigenvalue weighted by Gasteiger charge is 2.29. The molecule has 4 rings (SSSR count). The summed E-state index contributed by atoms with van der Waals surface area (Å²) in [7, 11) is -0.615. The number of ether oxygens (including phenoxy) is 2. The van der Waals surface area contributed by atoms with Gasteiger partial charge in [-0.1, -0.05) is 17.7 Å². The fourth-order valence-corrected chi connectivity index (χ4v) is 5.73. The molecule has 178 valence electrons. The molecule has 0 unspecified atom stereocenters. The van der Waals surface area contributed by atoms with E-state index in [0.29, 0.717) is 47.2 Å². The lowest BCUT2D eigenvalue weighted by atomic mass is 10.0. The molecule has 0 bridgehead atoms. The Morgan fingerprint density at radius 3 is 2.35 bits per heavy atom. The summed E-state index contributed by atoms with van der Waals surface area (Å²) < 4.78 is 38.7. The maximum atomic E-state index is 13.2. The Morgan fingerprint density at radius 2 is 1.71 bits per heavy atom. The summed E-state index contributed by atoms with van der Waals surface area (Å²) in [6.45, 7) is 0.595. The second-order valence-electron chi connectivity index (χ2n) is 7.80. The summed E-state index contributed by atoms with van der Waals surface area (Å²) in [5.41, 5.74) is 2.59. The number of aryl methyl sites for hydroxylation is 1. The summed E-state index contributed by atoms with van der Waals surface area (Å²) in [6, 6.07) is 16.6. The number of carbonyl (C=O) groups excluding carboxylic acids is 1. The summed E-state index contributed by atoms with van der Waals surface area (Å²) in [5, 5.41) is 3.37. The minimum absolute atomic E-state index is 0.178. The number of fused-ring (bicyclic) bond motifs is 1. The highest BCUT2D eigenvalue weighted by molar-refractivity contribution is 7.92. The number of halogens is 1. The molecule has 7 nitrogen and oxygen atoms in total. The van der Waals surface area contributed by atoms with Gasteiger partial charge in [0, 0.05) is 17.1 Å². The highest BCUT2D eigenvalue weighted by atomic mass is 35.5. The van der Waals surface area contributed by atoms with Gasteiger partial charge in [-0.15, -0.1) is 0 Å². The van der Waals surface area contributed by atoms with E-state index in [1.165, 1.54) is 16.4 Å². The number of nitrogens with zero attached hydrogens (tertiary/aromatic N) is 1. The molecule has 1 heterocycles. The molecule has 0 saturated heterocycles. The zero-order valence-corrected chi connectivity index (χ0v) is 20.4. The van der Waals surface area contributed by atoms with Crippen LogP contribution in [0.25, 0.3) is 0 Å². The van der Waals surface area contributed by atoms with Gasteiger partial charge in [0.2, 0.25) is 0 Å². The Morgan fingerprint density at radius 1 is 1.03 bits per heavy atom. The molecule has 1 aliphatic heterocycles. The minimum Gasteiger partial charge on any atom is -0.496 e. The predicted octanol–water partition coefficient (Wildman–Crippen LogP) is 4.43. The minimum atomic E-state index is -3.74. The van der Waals surface area contributed by atoms with Crippen molar-refractivity contribution in [3.05, 3.63) is 82.4 Å². The van der Waals surface area contributed by atoms with Crippen molar-refractivity contribution >= 4 is 33.2 Å². The number of anilines is 1. The lowest BCUT2D eigenvalue weighted by molar-refractivity contribution is 0.0950. The maximum absolute atomic E-state index is 13.2. The van der Waals surface area contributed by atoms with E-state index in [0.717, 1.165) is 11.1 Å². The van der Waals surface area contributed by atoms with E-state index in [4.69, 9.17) is 21.1 Å². The third-order valence-corrected chi connectivity index (χ3v) is 7.85. The smallest absolute Gasteiger partial charge is 0.264 e. The Kier molecular flexibility index (Phi) is 7.00. The van der Waals surface area contributed by atoms with E-state index >= 15 is 0 Å². The van der Waals surface area contributed by atoms with E-state index in [-0.39, 0.29) is 17.3 Å². The first-order valence-electron chi connectivity index (χ1n) is 10.7. The van der Waals surface area contributed by atoms with Crippen LogP contribution < -0.4 is 19.1 Å². The van der Waals surface area contributed by atoms with E-state index in [1.807, 2.05) is 6.07 Å². The largest absolute Gasteiger partial charge is 0.496 e. The fourth-order valence-electron chi connectivity index (χ4n) is 4.06. The molecule has 1 amide bonds. The van der Waals surface area contributed by atoms with Crippen LogP contribution in [0.15, 0.2) is 65.6 Å². The van der Waals surface area contributed by atoms with Crippen molar-refractivity contribution in [2.75, 3.05) is 25.1 Å². The van der Waals surface area contributed by atoms with Gasteiger partial charge in [-0.3, -0.25) is 9.10 Å². The number of carbonyl (C=O) groups is 1. The van der Waals surface area contributed by atoms with Crippen molar-refractivity contribution in [2.45, 2.75) is 24.3 Å². The van der Waals surface area contributed by atoms with Crippen LogP contribution in [-0.4, -0.2) is 35.1 Å². The average molecular weight is 501 g/mol. The molecule has 0 saturated carbocycles. The second-order valence-corrected chi connectivity index (χ2v) is 10.1. The normalized spacial score (nSPS) is 13.2. The summed E-state index contributed by atoms with van der Waals surface area (Å²) in [5.74, 6) is 0.967. The van der Waals surface area contributed by atoms with Crippen LogP contribution in [0.5, 0.6) is 11.5 Å². The third kappa shape index (κ3) is 4.69. The van der Waals surface area contributed by atoms with Crippen LogP contribution >= 0.6 is 11.6 Å². The van der Waals surface area contributed by atoms with E-state index in [2.05, 4.69) is 5.32 Å². The highest BCUT2D eigenvalue weighted by Crippen LogP contribution is 2.33. The van der Waals surface area contributed by atoms with Crippen molar-refractivity contribution in [1.29, 1.82) is 0 Å². The molecule has 0 radical (unpaired) electrons. The number of methoxy groups -OCH3 is 2. The van der Waals surface area contributed by atoms with Crippen molar-refractivity contribution in [3.8, 4) is 11.5 Å². The van der Waals surface area contributed by atoms with Gasteiger partial charge in [0.15, 0.2) is 0 Å².